The Morgan fingerprint density at radius 2 is 1.80 bits per heavy atom. The number of nitrogens with one attached hydrogen (secondary N) is 3. The zero-order valence-corrected chi connectivity index (χ0v) is 13.7. The van der Waals surface area contributed by atoms with Gasteiger partial charge in [-0.1, -0.05) is 24.3 Å². The Labute approximate surface area is 143 Å². The van der Waals surface area contributed by atoms with Crippen molar-refractivity contribution < 1.29 is 17.9 Å². The van der Waals surface area contributed by atoms with E-state index in [-0.39, 0.29) is 6.61 Å². The Kier molecular flexibility index (Phi) is 6.81. The Bertz CT molecular complexity index is 653. The van der Waals surface area contributed by atoms with Gasteiger partial charge in [0.2, 0.25) is 0 Å². The van der Waals surface area contributed by atoms with Gasteiger partial charge in [0.05, 0.1) is 18.8 Å². The van der Waals surface area contributed by atoms with E-state index < -0.39 is 12.8 Å². The van der Waals surface area contributed by atoms with Gasteiger partial charge in [0.25, 0.3) is 0 Å². The van der Waals surface area contributed by atoms with Crippen molar-refractivity contribution in [2.24, 2.45) is 4.99 Å². The third kappa shape index (κ3) is 7.25. The molecule has 0 unspecified atom stereocenters. The fourth-order valence-corrected chi connectivity index (χ4v) is 2.01. The number of rotatable bonds is 7. The van der Waals surface area contributed by atoms with Crippen LogP contribution in [0.5, 0.6) is 0 Å². The molecule has 136 valence electrons. The highest BCUT2D eigenvalue weighted by atomic mass is 19.4. The van der Waals surface area contributed by atoms with Crippen molar-refractivity contribution in [3.05, 3.63) is 53.3 Å². The lowest BCUT2D eigenvalue weighted by molar-refractivity contribution is -0.176. The molecule has 0 radical (unpaired) electrons. The Hall–Kier alpha value is -2.55. The number of nitrogens with zero attached hydrogens (tertiary/aromatic N) is 2. The zero-order chi connectivity index (χ0) is 18.1. The molecule has 1 aromatic heterocycles. The summed E-state index contributed by atoms with van der Waals surface area (Å²) in [5.74, 6) is 0.632. The second-order valence-electron chi connectivity index (χ2n) is 5.29. The summed E-state index contributed by atoms with van der Waals surface area (Å²) in [7, 11) is 1.67. The van der Waals surface area contributed by atoms with Gasteiger partial charge in [0.15, 0.2) is 5.96 Å². The van der Waals surface area contributed by atoms with Crippen LogP contribution in [0.2, 0.25) is 0 Å². The van der Waals surface area contributed by atoms with Crippen LogP contribution in [0.25, 0.3) is 0 Å². The number of aromatic amines is 1. The van der Waals surface area contributed by atoms with Gasteiger partial charge in [0.1, 0.15) is 6.61 Å². The summed E-state index contributed by atoms with van der Waals surface area (Å²) in [6.45, 7) is -0.212. The van der Waals surface area contributed by atoms with Crippen LogP contribution in [0.15, 0.2) is 41.5 Å². The SMILES string of the molecule is CN=C(NCc1ccc(COCC(F)(F)F)cc1)NCc1ccn[nH]1. The number of benzene rings is 1. The molecule has 0 atom stereocenters. The zero-order valence-electron chi connectivity index (χ0n) is 13.7. The standard InChI is InChI=1S/C16H20F3N5O/c1-20-15(22-9-14-6-7-23-24-14)21-8-12-2-4-13(5-3-12)10-25-11-16(17,18)19/h2-7H,8-11H2,1H3,(H,23,24)(H2,20,21,22). The molecule has 25 heavy (non-hydrogen) atoms. The normalized spacial score (nSPS) is 12.2. The lowest BCUT2D eigenvalue weighted by atomic mass is 10.1. The number of aromatic nitrogens is 2. The minimum atomic E-state index is -4.30. The first-order valence-electron chi connectivity index (χ1n) is 7.61. The first kappa shape index (κ1) is 18.8. The van der Waals surface area contributed by atoms with Crippen LogP contribution in [0.1, 0.15) is 16.8 Å². The number of H-pyrrole nitrogens is 1. The predicted molar refractivity (Wildman–Crippen MR) is 87.8 cm³/mol. The second kappa shape index (κ2) is 9.07. The molecule has 2 aromatic rings. The van der Waals surface area contributed by atoms with Gasteiger partial charge in [-0.2, -0.15) is 18.3 Å². The summed E-state index contributed by atoms with van der Waals surface area (Å²) >= 11 is 0. The average molecular weight is 355 g/mol. The van der Waals surface area contributed by atoms with Gasteiger partial charge in [-0.15, -0.1) is 0 Å². The summed E-state index contributed by atoms with van der Waals surface area (Å²) in [5, 5.41) is 13.0. The maximum absolute atomic E-state index is 12.0. The molecule has 1 heterocycles. The van der Waals surface area contributed by atoms with Crippen LogP contribution in [0.3, 0.4) is 0 Å². The van der Waals surface area contributed by atoms with Gasteiger partial charge in [-0.25, -0.2) is 0 Å². The molecule has 0 aliphatic carbocycles. The highest BCUT2D eigenvalue weighted by Gasteiger charge is 2.27. The molecule has 0 saturated carbocycles. The molecule has 6 nitrogen and oxygen atoms in total. The van der Waals surface area contributed by atoms with Crippen molar-refractivity contribution >= 4 is 5.96 Å². The molecule has 0 aliphatic rings. The molecular weight excluding hydrogens is 335 g/mol. The van der Waals surface area contributed by atoms with Crippen LogP contribution in [0, 0.1) is 0 Å². The van der Waals surface area contributed by atoms with E-state index in [1.165, 1.54) is 0 Å². The van der Waals surface area contributed by atoms with Gasteiger partial charge in [-0.05, 0) is 17.2 Å². The number of alkyl halides is 3. The summed E-state index contributed by atoms with van der Waals surface area (Å²) in [5.41, 5.74) is 2.60. The van der Waals surface area contributed by atoms with Crippen LogP contribution in [-0.4, -0.2) is 36.0 Å². The lowest BCUT2D eigenvalue weighted by Crippen LogP contribution is -2.36. The molecule has 0 aliphatic heterocycles. The molecule has 0 amide bonds. The maximum atomic E-state index is 12.0. The third-order valence-electron chi connectivity index (χ3n) is 3.25. The largest absolute Gasteiger partial charge is 0.411 e. The van der Waals surface area contributed by atoms with E-state index in [1.54, 1.807) is 25.4 Å². The topological polar surface area (TPSA) is 74.3 Å². The van der Waals surface area contributed by atoms with Crippen molar-refractivity contribution in [1.82, 2.24) is 20.8 Å². The van der Waals surface area contributed by atoms with Gasteiger partial charge < -0.3 is 15.4 Å². The van der Waals surface area contributed by atoms with Gasteiger partial charge >= 0.3 is 6.18 Å². The quantitative estimate of drug-likeness (QED) is 0.527. The molecule has 9 heteroatoms. The fourth-order valence-electron chi connectivity index (χ4n) is 2.01. The summed E-state index contributed by atoms with van der Waals surface area (Å²) in [4.78, 5) is 4.12. The summed E-state index contributed by atoms with van der Waals surface area (Å²) < 4.78 is 40.7. The first-order valence-corrected chi connectivity index (χ1v) is 7.61. The minimum Gasteiger partial charge on any atom is -0.367 e. The lowest BCUT2D eigenvalue weighted by Gasteiger charge is -2.12. The van der Waals surface area contributed by atoms with Crippen LogP contribution in [-0.2, 0) is 24.4 Å². The van der Waals surface area contributed by atoms with Crippen LogP contribution < -0.4 is 10.6 Å². The summed E-state index contributed by atoms with van der Waals surface area (Å²) in [6.07, 6.45) is -2.63. The van der Waals surface area contributed by atoms with E-state index in [2.05, 4.69) is 30.6 Å². The molecule has 2 rings (SSSR count). The molecular formula is C16H20F3N5O. The Morgan fingerprint density at radius 1 is 1.12 bits per heavy atom. The molecule has 0 fully saturated rings. The highest BCUT2D eigenvalue weighted by Crippen LogP contribution is 2.15. The van der Waals surface area contributed by atoms with E-state index in [4.69, 9.17) is 0 Å². The third-order valence-corrected chi connectivity index (χ3v) is 3.25. The number of hydrogen-bond donors (Lipinski definition) is 3. The smallest absolute Gasteiger partial charge is 0.367 e. The van der Waals surface area contributed by atoms with Crippen molar-refractivity contribution in [2.45, 2.75) is 25.9 Å². The minimum absolute atomic E-state index is 0.0688. The Balaban J connectivity index is 1.74. The highest BCUT2D eigenvalue weighted by molar-refractivity contribution is 5.79. The number of hydrogen-bond acceptors (Lipinski definition) is 3. The Morgan fingerprint density at radius 3 is 2.40 bits per heavy atom. The van der Waals surface area contributed by atoms with Crippen LogP contribution in [0.4, 0.5) is 13.2 Å². The predicted octanol–water partition coefficient (Wildman–Crippen LogP) is 2.35. The van der Waals surface area contributed by atoms with E-state index in [9.17, 15) is 13.2 Å². The van der Waals surface area contributed by atoms with E-state index in [0.717, 1.165) is 11.3 Å². The van der Waals surface area contributed by atoms with Crippen molar-refractivity contribution in [3.8, 4) is 0 Å². The first-order chi connectivity index (χ1) is 12.0. The summed E-state index contributed by atoms with van der Waals surface area (Å²) in [6, 6.07) is 9.02. The molecule has 0 spiro atoms. The van der Waals surface area contributed by atoms with Crippen molar-refractivity contribution in [2.75, 3.05) is 13.7 Å². The monoisotopic (exact) mass is 355 g/mol. The number of aliphatic imine (C=N–C) groups is 1. The fraction of sp³-hybridized carbons (Fsp3) is 0.375. The number of guanidine groups is 1. The molecule has 0 bridgehead atoms. The van der Waals surface area contributed by atoms with Crippen molar-refractivity contribution in [1.29, 1.82) is 0 Å². The second-order valence-corrected chi connectivity index (χ2v) is 5.29. The maximum Gasteiger partial charge on any atom is 0.411 e. The molecule has 3 N–H and O–H groups in total. The van der Waals surface area contributed by atoms with Gasteiger partial charge in [-0.3, -0.25) is 10.1 Å². The van der Waals surface area contributed by atoms with Gasteiger partial charge in [0, 0.05) is 19.8 Å². The van der Waals surface area contributed by atoms with E-state index in [0.29, 0.717) is 24.6 Å². The molecule has 0 saturated heterocycles. The number of halogens is 3. The molecule has 1 aromatic carbocycles. The number of ether oxygens (including phenoxy) is 1. The van der Waals surface area contributed by atoms with E-state index in [1.807, 2.05) is 18.2 Å². The average Bonchev–Trinajstić information content (AvgIpc) is 3.08. The van der Waals surface area contributed by atoms with Crippen LogP contribution >= 0.6 is 0 Å². The van der Waals surface area contributed by atoms with Crippen molar-refractivity contribution in [3.63, 3.8) is 0 Å². The van der Waals surface area contributed by atoms with E-state index >= 15 is 0 Å².